The quantitative estimate of drug-likeness (QED) is 0.168. The van der Waals surface area contributed by atoms with Crippen molar-refractivity contribution in [3.63, 3.8) is 0 Å². The molecule has 0 atom stereocenters. The minimum atomic E-state index is -0.542. The van der Waals surface area contributed by atoms with E-state index in [4.69, 9.17) is 14.5 Å². The molecule has 0 bridgehead atoms. The first-order valence-corrected chi connectivity index (χ1v) is 20.8. The van der Waals surface area contributed by atoms with Crippen LogP contribution in [0.3, 0.4) is 0 Å². The highest BCUT2D eigenvalue weighted by atomic mass is 16.6. The van der Waals surface area contributed by atoms with Crippen molar-refractivity contribution in [3.05, 3.63) is 247 Å². The number of rotatable bonds is 6. The van der Waals surface area contributed by atoms with E-state index >= 15 is 0 Å². The molecular weight excluding hydrogens is 743 g/mol. The van der Waals surface area contributed by atoms with Crippen LogP contribution in [-0.2, 0) is 5.41 Å². The zero-order valence-electron chi connectivity index (χ0n) is 33.1. The Kier molecular flexibility index (Phi) is 8.07. The van der Waals surface area contributed by atoms with Gasteiger partial charge in [0.05, 0.1) is 16.8 Å². The standard InChI is InChI=1S/C58H37NO2/c1-4-17-38(18-5-1)41-35-51(59-52(36-41)47-29-16-20-39-19-10-11-25-44(39)47)46-27-13-12-26-45(46)40-31-33-53-55(37-40)61-57-54(60-53)34-32-50-56(57)48-28-14-15-30-49(48)58(50,42-21-6-2-7-22-42)43-23-8-3-9-24-43/h1-37H. The molecule has 0 saturated carbocycles. The van der Waals surface area contributed by atoms with Gasteiger partial charge in [-0.25, -0.2) is 4.98 Å². The molecule has 0 fully saturated rings. The lowest BCUT2D eigenvalue weighted by atomic mass is 9.68. The van der Waals surface area contributed by atoms with E-state index in [2.05, 4.69) is 218 Å². The van der Waals surface area contributed by atoms with Crippen LogP contribution in [-0.4, -0.2) is 4.98 Å². The van der Waals surface area contributed by atoms with Crippen LogP contribution in [0, 0.1) is 0 Å². The molecule has 0 amide bonds. The first-order valence-electron chi connectivity index (χ1n) is 20.8. The summed E-state index contributed by atoms with van der Waals surface area (Å²) in [7, 11) is 0. The molecule has 1 aromatic heterocycles. The second-order valence-corrected chi connectivity index (χ2v) is 15.8. The summed E-state index contributed by atoms with van der Waals surface area (Å²) >= 11 is 0. The molecule has 3 nitrogen and oxygen atoms in total. The molecule has 286 valence electrons. The number of aromatic nitrogens is 1. The molecule has 9 aromatic carbocycles. The van der Waals surface area contributed by atoms with Gasteiger partial charge >= 0.3 is 0 Å². The smallest absolute Gasteiger partial charge is 0.178 e. The highest BCUT2D eigenvalue weighted by Gasteiger charge is 2.48. The predicted octanol–water partition coefficient (Wildman–Crippen LogP) is 15.2. The molecule has 1 aliphatic carbocycles. The molecule has 1 aliphatic heterocycles. The van der Waals surface area contributed by atoms with Crippen LogP contribution in [0.2, 0.25) is 0 Å². The summed E-state index contributed by atoms with van der Waals surface area (Å²) in [5.74, 6) is 2.78. The average Bonchev–Trinajstić information content (AvgIpc) is 3.65. The summed E-state index contributed by atoms with van der Waals surface area (Å²) in [6.45, 7) is 0. The Bertz CT molecular complexity index is 3260. The normalized spacial score (nSPS) is 13.0. The lowest BCUT2D eigenvalue weighted by molar-refractivity contribution is 0.360. The van der Waals surface area contributed by atoms with Gasteiger partial charge in [-0.2, -0.15) is 0 Å². The average molecular weight is 780 g/mol. The maximum Gasteiger partial charge on any atom is 0.178 e. The van der Waals surface area contributed by atoms with Crippen LogP contribution < -0.4 is 9.47 Å². The molecule has 0 N–H and O–H groups in total. The van der Waals surface area contributed by atoms with Gasteiger partial charge in [-0.3, -0.25) is 0 Å². The molecule has 2 aliphatic rings. The molecule has 10 aromatic rings. The van der Waals surface area contributed by atoms with Crippen LogP contribution >= 0.6 is 0 Å². The molecule has 61 heavy (non-hydrogen) atoms. The Morgan fingerprint density at radius 1 is 0.344 bits per heavy atom. The minimum Gasteiger partial charge on any atom is -0.449 e. The van der Waals surface area contributed by atoms with Gasteiger partial charge in [-0.05, 0) is 91.2 Å². The molecule has 0 radical (unpaired) electrons. The van der Waals surface area contributed by atoms with Gasteiger partial charge in [-0.1, -0.05) is 194 Å². The summed E-state index contributed by atoms with van der Waals surface area (Å²) in [5.41, 5.74) is 14.7. The third-order valence-corrected chi connectivity index (χ3v) is 12.4. The monoisotopic (exact) mass is 779 g/mol. The number of ether oxygens (including phenoxy) is 2. The first-order chi connectivity index (χ1) is 30.2. The highest BCUT2D eigenvalue weighted by Crippen LogP contribution is 2.62. The number of hydrogen-bond acceptors (Lipinski definition) is 3. The van der Waals surface area contributed by atoms with Crippen molar-refractivity contribution >= 4 is 10.8 Å². The van der Waals surface area contributed by atoms with E-state index in [9.17, 15) is 0 Å². The maximum atomic E-state index is 7.10. The predicted molar refractivity (Wildman–Crippen MR) is 247 cm³/mol. The first kappa shape index (κ1) is 35.0. The van der Waals surface area contributed by atoms with E-state index < -0.39 is 5.41 Å². The van der Waals surface area contributed by atoms with Crippen molar-refractivity contribution in [1.82, 2.24) is 4.98 Å². The second-order valence-electron chi connectivity index (χ2n) is 15.8. The molecule has 2 heterocycles. The Balaban J connectivity index is 1.000. The second kappa shape index (κ2) is 14.1. The zero-order valence-corrected chi connectivity index (χ0v) is 33.1. The van der Waals surface area contributed by atoms with Gasteiger partial charge in [0.2, 0.25) is 0 Å². The fraction of sp³-hybridized carbons (Fsp3) is 0.0172. The third-order valence-electron chi connectivity index (χ3n) is 12.4. The fourth-order valence-electron chi connectivity index (χ4n) is 9.74. The Hall–Kier alpha value is -8.01. The number of nitrogens with zero attached hydrogens (tertiary/aromatic N) is 1. The lowest BCUT2D eigenvalue weighted by Gasteiger charge is -2.34. The highest BCUT2D eigenvalue weighted by molar-refractivity contribution is 5.97. The lowest BCUT2D eigenvalue weighted by Crippen LogP contribution is -2.28. The van der Waals surface area contributed by atoms with Gasteiger partial charge in [0.25, 0.3) is 0 Å². The van der Waals surface area contributed by atoms with Crippen LogP contribution in [0.5, 0.6) is 23.0 Å². The van der Waals surface area contributed by atoms with E-state index in [1.807, 2.05) is 6.07 Å². The molecule has 0 saturated heterocycles. The summed E-state index contributed by atoms with van der Waals surface area (Å²) in [5, 5.41) is 2.36. The summed E-state index contributed by atoms with van der Waals surface area (Å²) in [6.07, 6.45) is 0. The van der Waals surface area contributed by atoms with Gasteiger partial charge in [0.1, 0.15) is 0 Å². The number of hydrogen-bond donors (Lipinski definition) is 0. The Labute approximate surface area is 354 Å². The third kappa shape index (κ3) is 5.55. The van der Waals surface area contributed by atoms with Gasteiger partial charge in [0, 0.05) is 16.7 Å². The largest absolute Gasteiger partial charge is 0.449 e. The SMILES string of the molecule is c1ccc(-c2cc(-c3ccccc3-c3ccc4c(c3)Oc3c(ccc5c3-c3ccccc3C5(c3ccccc3)c3ccccc3)O4)nc(-c3cccc4ccccc34)c2)cc1. The van der Waals surface area contributed by atoms with E-state index in [1.54, 1.807) is 0 Å². The minimum absolute atomic E-state index is 0.542. The van der Waals surface area contributed by atoms with Crippen molar-refractivity contribution in [2.75, 3.05) is 0 Å². The van der Waals surface area contributed by atoms with Crippen molar-refractivity contribution in [2.24, 2.45) is 0 Å². The number of fused-ring (bicyclic) bond motifs is 7. The fourth-order valence-corrected chi connectivity index (χ4v) is 9.74. The molecule has 12 rings (SSSR count). The van der Waals surface area contributed by atoms with E-state index in [0.717, 1.165) is 61.6 Å². The van der Waals surface area contributed by atoms with Crippen LogP contribution in [0.1, 0.15) is 22.3 Å². The molecule has 0 unspecified atom stereocenters. The van der Waals surface area contributed by atoms with Crippen LogP contribution in [0.4, 0.5) is 0 Å². The maximum absolute atomic E-state index is 7.10. The van der Waals surface area contributed by atoms with Crippen LogP contribution in [0.25, 0.3) is 66.7 Å². The Morgan fingerprint density at radius 3 is 1.70 bits per heavy atom. The number of benzene rings is 9. The summed E-state index contributed by atoms with van der Waals surface area (Å²) < 4.78 is 13.8. The van der Waals surface area contributed by atoms with Crippen LogP contribution in [0.15, 0.2) is 224 Å². The van der Waals surface area contributed by atoms with E-state index in [0.29, 0.717) is 17.2 Å². The number of pyridine rings is 1. The van der Waals surface area contributed by atoms with Gasteiger partial charge in [-0.15, -0.1) is 0 Å². The zero-order chi connectivity index (χ0) is 40.3. The Morgan fingerprint density at radius 2 is 0.934 bits per heavy atom. The van der Waals surface area contributed by atoms with Crippen molar-refractivity contribution < 1.29 is 9.47 Å². The summed E-state index contributed by atoms with van der Waals surface area (Å²) in [4.78, 5) is 5.42. The molecule has 0 spiro atoms. The molecular formula is C58H37NO2. The van der Waals surface area contributed by atoms with Crippen molar-refractivity contribution in [2.45, 2.75) is 5.41 Å². The van der Waals surface area contributed by atoms with Crippen molar-refractivity contribution in [3.8, 4) is 78.9 Å². The van der Waals surface area contributed by atoms with Gasteiger partial charge < -0.3 is 9.47 Å². The summed E-state index contributed by atoms with van der Waals surface area (Å²) in [6, 6.07) is 79.5. The van der Waals surface area contributed by atoms with E-state index in [-0.39, 0.29) is 0 Å². The van der Waals surface area contributed by atoms with E-state index in [1.165, 1.54) is 33.0 Å². The molecule has 3 heteroatoms. The van der Waals surface area contributed by atoms with Gasteiger partial charge in [0.15, 0.2) is 23.0 Å². The van der Waals surface area contributed by atoms with Crippen molar-refractivity contribution in [1.29, 1.82) is 0 Å². The topological polar surface area (TPSA) is 31.4 Å².